The summed E-state index contributed by atoms with van der Waals surface area (Å²) >= 11 is 6.11. The molecular formula is C19H20ClN3O3. The number of hydrogen-bond acceptors (Lipinski definition) is 4. The molecule has 6 nitrogen and oxygen atoms in total. The first-order chi connectivity index (χ1) is 12.6. The van der Waals surface area contributed by atoms with Crippen LogP contribution in [0.3, 0.4) is 0 Å². The summed E-state index contributed by atoms with van der Waals surface area (Å²) < 4.78 is 12.3. The number of ether oxygens (including phenoxy) is 2. The highest BCUT2D eigenvalue weighted by Gasteiger charge is 2.08. The standard InChI is InChI=1S/C19H20ClN3O3/c1-25-15-8-6-13(10-16(15)26-2)7-9-19(24)21-11-14-12-23-17(20)4-3-5-18(23)22-14/h3-6,8,10,12H,7,9,11H2,1-2H3,(H,21,24). The number of methoxy groups -OCH3 is 2. The number of amides is 1. The van der Waals surface area contributed by atoms with Gasteiger partial charge in [0.2, 0.25) is 5.91 Å². The number of aryl methyl sites for hydroxylation is 1. The number of nitrogens with zero attached hydrogens (tertiary/aromatic N) is 2. The van der Waals surface area contributed by atoms with Gasteiger partial charge in [0.05, 0.1) is 26.5 Å². The predicted octanol–water partition coefficient (Wildman–Crippen LogP) is 3.25. The third kappa shape index (κ3) is 4.08. The van der Waals surface area contributed by atoms with Gasteiger partial charge in [-0.3, -0.25) is 9.20 Å². The quantitative estimate of drug-likeness (QED) is 0.646. The number of rotatable bonds is 7. The molecule has 3 rings (SSSR count). The molecule has 0 saturated heterocycles. The Bertz CT molecular complexity index is 924. The van der Waals surface area contributed by atoms with Crippen molar-refractivity contribution in [3.05, 3.63) is 59.0 Å². The van der Waals surface area contributed by atoms with E-state index in [1.54, 1.807) is 24.7 Å². The van der Waals surface area contributed by atoms with Gasteiger partial charge in [0.25, 0.3) is 0 Å². The van der Waals surface area contributed by atoms with Gasteiger partial charge in [-0.1, -0.05) is 23.7 Å². The number of fused-ring (bicyclic) bond motifs is 1. The summed E-state index contributed by atoms with van der Waals surface area (Å²) in [6.45, 7) is 0.364. The van der Waals surface area contributed by atoms with Crippen molar-refractivity contribution >= 4 is 23.2 Å². The number of carbonyl (C=O) groups excluding carboxylic acids is 1. The molecule has 0 unspecified atom stereocenters. The van der Waals surface area contributed by atoms with E-state index < -0.39 is 0 Å². The maximum Gasteiger partial charge on any atom is 0.220 e. The summed E-state index contributed by atoms with van der Waals surface area (Å²) in [6.07, 6.45) is 2.82. The molecule has 2 heterocycles. The Morgan fingerprint density at radius 1 is 1.19 bits per heavy atom. The van der Waals surface area contributed by atoms with Crippen molar-refractivity contribution in [1.82, 2.24) is 14.7 Å². The molecule has 2 aromatic heterocycles. The topological polar surface area (TPSA) is 64.9 Å². The highest BCUT2D eigenvalue weighted by molar-refractivity contribution is 6.29. The first-order valence-corrected chi connectivity index (χ1v) is 8.58. The van der Waals surface area contributed by atoms with Gasteiger partial charge in [-0.05, 0) is 36.2 Å². The number of benzene rings is 1. The summed E-state index contributed by atoms with van der Waals surface area (Å²) in [6, 6.07) is 11.2. The van der Waals surface area contributed by atoms with E-state index in [0.717, 1.165) is 16.9 Å². The minimum Gasteiger partial charge on any atom is -0.493 e. The Hall–Kier alpha value is -2.73. The van der Waals surface area contributed by atoms with E-state index in [9.17, 15) is 4.79 Å². The van der Waals surface area contributed by atoms with Gasteiger partial charge in [0.1, 0.15) is 10.8 Å². The molecule has 0 aliphatic heterocycles. The monoisotopic (exact) mass is 373 g/mol. The maximum atomic E-state index is 12.1. The number of hydrogen-bond donors (Lipinski definition) is 1. The summed E-state index contributed by atoms with van der Waals surface area (Å²) in [5.41, 5.74) is 2.53. The predicted molar refractivity (Wildman–Crippen MR) is 99.9 cm³/mol. The Labute approximate surface area is 156 Å². The molecular weight excluding hydrogens is 354 g/mol. The Kier molecular flexibility index (Phi) is 5.63. The zero-order valence-corrected chi connectivity index (χ0v) is 15.4. The molecule has 1 N–H and O–H groups in total. The second kappa shape index (κ2) is 8.10. The molecule has 0 radical (unpaired) electrons. The van der Waals surface area contributed by atoms with Crippen molar-refractivity contribution in [1.29, 1.82) is 0 Å². The molecule has 136 valence electrons. The molecule has 7 heteroatoms. The summed E-state index contributed by atoms with van der Waals surface area (Å²) in [4.78, 5) is 16.6. The van der Waals surface area contributed by atoms with E-state index in [-0.39, 0.29) is 5.91 Å². The van der Waals surface area contributed by atoms with Crippen LogP contribution >= 0.6 is 11.6 Å². The van der Waals surface area contributed by atoms with Gasteiger partial charge in [-0.25, -0.2) is 4.98 Å². The Morgan fingerprint density at radius 3 is 2.73 bits per heavy atom. The van der Waals surface area contributed by atoms with Crippen molar-refractivity contribution in [3.63, 3.8) is 0 Å². The minimum absolute atomic E-state index is 0.0389. The Morgan fingerprint density at radius 2 is 2.00 bits per heavy atom. The fraction of sp³-hybridized carbons (Fsp3) is 0.263. The van der Waals surface area contributed by atoms with E-state index in [0.29, 0.717) is 36.0 Å². The van der Waals surface area contributed by atoms with Crippen molar-refractivity contribution < 1.29 is 14.3 Å². The summed E-state index contributed by atoms with van der Waals surface area (Å²) in [7, 11) is 3.19. The van der Waals surface area contributed by atoms with Gasteiger partial charge in [0, 0.05) is 12.6 Å². The van der Waals surface area contributed by atoms with Gasteiger partial charge >= 0.3 is 0 Å². The Balaban J connectivity index is 1.54. The van der Waals surface area contributed by atoms with Gasteiger partial charge in [-0.2, -0.15) is 0 Å². The van der Waals surface area contributed by atoms with Crippen LogP contribution in [-0.2, 0) is 17.8 Å². The van der Waals surface area contributed by atoms with Crippen LogP contribution in [0.4, 0.5) is 0 Å². The smallest absolute Gasteiger partial charge is 0.220 e. The lowest BCUT2D eigenvalue weighted by Gasteiger charge is -2.09. The van der Waals surface area contributed by atoms with Gasteiger partial charge in [0.15, 0.2) is 11.5 Å². The average Bonchev–Trinajstić information content (AvgIpc) is 3.09. The third-order valence-corrected chi connectivity index (χ3v) is 4.36. The van der Waals surface area contributed by atoms with Crippen molar-refractivity contribution in [3.8, 4) is 11.5 Å². The van der Waals surface area contributed by atoms with Crippen LogP contribution in [0.15, 0.2) is 42.6 Å². The van der Waals surface area contributed by atoms with Crippen LogP contribution in [0.1, 0.15) is 17.7 Å². The van der Waals surface area contributed by atoms with E-state index in [2.05, 4.69) is 10.3 Å². The number of carbonyl (C=O) groups is 1. The summed E-state index contributed by atoms with van der Waals surface area (Å²) in [5, 5.41) is 3.47. The lowest BCUT2D eigenvalue weighted by atomic mass is 10.1. The molecule has 0 aliphatic rings. The average molecular weight is 374 g/mol. The highest BCUT2D eigenvalue weighted by atomic mass is 35.5. The van der Waals surface area contributed by atoms with Crippen LogP contribution in [0.2, 0.25) is 5.15 Å². The lowest BCUT2D eigenvalue weighted by molar-refractivity contribution is -0.121. The van der Waals surface area contributed by atoms with Crippen LogP contribution in [0.5, 0.6) is 11.5 Å². The molecule has 0 spiro atoms. The molecule has 0 atom stereocenters. The van der Waals surface area contributed by atoms with Crippen LogP contribution in [0, 0.1) is 0 Å². The summed E-state index contributed by atoms with van der Waals surface area (Å²) in [5.74, 6) is 1.29. The van der Waals surface area contributed by atoms with Crippen molar-refractivity contribution in [2.75, 3.05) is 14.2 Å². The van der Waals surface area contributed by atoms with Crippen LogP contribution < -0.4 is 14.8 Å². The number of nitrogens with one attached hydrogen (secondary N) is 1. The fourth-order valence-corrected chi connectivity index (χ4v) is 2.89. The molecule has 0 saturated carbocycles. The number of imidazole rings is 1. The normalized spacial score (nSPS) is 10.7. The van der Waals surface area contributed by atoms with Crippen molar-refractivity contribution in [2.45, 2.75) is 19.4 Å². The van der Waals surface area contributed by atoms with Crippen LogP contribution in [-0.4, -0.2) is 29.5 Å². The first-order valence-electron chi connectivity index (χ1n) is 8.21. The fourth-order valence-electron chi connectivity index (χ4n) is 2.68. The van der Waals surface area contributed by atoms with E-state index in [1.165, 1.54) is 0 Å². The van der Waals surface area contributed by atoms with Crippen LogP contribution in [0.25, 0.3) is 5.65 Å². The minimum atomic E-state index is -0.0389. The number of aromatic nitrogens is 2. The molecule has 1 amide bonds. The molecule has 1 aromatic carbocycles. The molecule has 0 aliphatic carbocycles. The maximum absolute atomic E-state index is 12.1. The first kappa shape index (κ1) is 18.1. The van der Waals surface area contributed by atoms with Crippen molar-refractivity contribution in [2.24, 2.45) is 0 Å². The third-order valence-electron chi connectivity index (χ3n) is 4.05. The number of halogens is 1. The number of pyridine rings is 1. The molecule has 0 fully saturated rings. The second-order valence-electron chi connectivity index (χ2n) is 5.78. The second-order valence-corrected chi connectivity index (χ2v) is 6.16. The molecule has 0 bridgehead atoms. The van der Waals surface area contributed by atoms with E-state index >= 15 is 0 Å². The zero-order valence-electron chi connectivity index (χ0n) is 14.7. The van der Waals surface area contributed by atoms with E-state index in [1.807, 2.05) is 36.5 Å². The lowest BCUT2D eigenvalue weighted by Crippen LogP contribution is -2.23. The molecule has 26 heavy (non-hydrogen) atoms. The van der Waals surface area contributed by atoms with Gasteiger partial charge < -0.3 is 14.8 Å². The van der Waals surface area contributed by atoms with Gasteiger partial charge in [-0.15, -0.1) is 0 Å². The highest BCUT2D eigenvalue weighted by Crippen LogP contribution is 2.27. The zero-order chi connectivity index (χ0) is 18.5. The molecule has 3 aromatic rings. The van der Waals surface area contributed by atoms with E-state index in [4.69, 9.17) is 21.1 Å². The SMILES string of the molecule is COc1ccc(CCC(=O)NCc2cn3c(Cl)cccc3n2)cc1OC. The largest absolute Gasteiger partial charge is 0.493 e.